The molecular weight excluding hydrogens is 369 g/mol. The molecule has 1 amide bonds. The van der Waals surface area contributed by atoms with Gasteiger partial charge in [0.25, 0.3) is 0 Å². The monoisotopic (exact) mass is 386 g/mol. The lowest BCUT2D eigenvalue weighted by molar-refractivity contribution is -0.137. The summed E-state index contributed by atoms with van der Waals surface area (Å²) in [7, 11) is 0. The molecule has 0 radical (unpaired) electrons. The van der Waals surface area contributed by atoms with E-state index >= 15 is 0 Å². The second kappa shape index (κ2) is 8.31. The summed E-state index contributed by atoms with van der Waals surface area (Å²) in [6, 6.07) is 10.3. The van der Waals surface area contributed by atoms with E-state index in [0.29, 0.717) is 11.4 Å². The molecule has 0 aliphatic rings. The maximum absolute atomic E-state index is 12.9. The number of para-hydroxylation sites is 2. The number of amides is 1. The molecule has 2 aromatic rings. The Hall–Kier alpha value is -2.41. The van der Waals surface area contributed by atoms with E-state index in [1.807, 2.05) is 13.8 Å². The molecule has 140 valence electrons. The molecule has 0 saturated heterocycles. The zero-order valence-electron chi connectivity index (χ0n) is 14.2. The number of ether oxygens (including phenoxy) is 1. The molecule has 0 atom stereocenters. The minimum Gasteiger partial charge on any atom is -0.489 e. The lowest BCUT2D eigenvalue weighted by Crippen LogP contribution is -2.22. The molecule has 0 spiro atoms. The van der Waals surface area contributed by atoms with Crippen molar-refractivity contribution < 1.29 is 22.7 Å². The Morgan fingerprint density at radius 1 is 1.19 bits per heavy atom. The summed E-state index contributed by atoms with van der Waals surface area (Å²) >= 11 is 5.56. The van der Waals surface area contributed by atoms with Gasteiger partial charge in [-0.2, -0.15) is 13.2 Å². The van der Waals surface area contributed by atoms with Crippen molar-refractivity contribution in [3.63, 3.8) is 0 Å². The van der Waals surface area contributed by atoms with Gasteiger partial charge < -0.3 is 15.4 Å². The predicted octanol–water partition coefficient (Wildman–Crippen LogP) is 5.20. The highest BCUT2D eigenvalue weighted by Crippen LogP contribution is 2.36. The van der Waals surface area contributed by atoms with E-state index in [4.69, 9.17) is 16.3 Å². The molecule has 0 bridgehead atoms. The molecule has 0 aromatic heterocycles. The minimum atomic E-state index is -4.59. The van der Waals surface area contributed by atoms with Gasteiger partial charge in [0, 0.05) is 5.69 Å². The van der Waals surface area contributed by atoms with Crippen molar-refractivity contribution in [2.75, 3.05) is 17.2 Å². The Kier molecular flexibility index (Phi) is 6.37. The van der Waals surface area contributed by atoms with Crippen LogP contribution < -0.4 is 15.4 Å². The molecule has 2 aromatic carbocycles. The van der Waals surface area contributed by atoms with Crippen molar-refractivity contribution in [1.82, 2.24) is 0 Å². The van der Waals surface area contributed by atoms with Gasteiger partial charge in [-0.05, 0) is 44.2 Å². The lowest BCUT2D eigenvalue weighted by atomic mass is 10.2. The third kappa shape index (κ3) is 5.56. The van der Waals surface area contributed by atoms with Crippen LogP contribution >= 0.6 is 11.6 Å². The summed E-state index contributed by atoms with van der Waals surface area (Å²) in [4.78, 5) is 12.0. The van der Waals surface area contributed by atoms with E-state index in [2.05, 4.69) is 10.6 Å². The zero-order chi connectivity index (χ0) is 19.3. The smallest absolute Gasteiger partial charge is 0.417 e. The van der Waals surface area contributed by atoms with Gasteiger partial charge in [-0.3, -0.25) is 4.79 Å². The first kappa shape index (κ1) is 19.9. The van der Waals surface area contributed by atoms with Crippen LogP contribution in [0.15, 0.2) is 42.5 Å². The second-order valence-corrected chi connectivity index (χ2v) is 6.16. The van der Waals surface area contributed by atoms with Gasteiger partial charge in [0.2, 0.25) is 5.91 Å². The molecule has 0 aliphatic carbocycles. The third-order valence-corrected chi connectivity index (χ3v) is 3.57. The highest BCUT2D eigenvalue weighted by Gasteiger charge is 2.33. The molecule has 0 aliphatic heterocycles. The predicted molar refractivity (Wildman–Crippen MR) is 95.8 cm³/mol. The highest BCUT2D eigenvalue weighted by atomic mass is 35.5. The highest BCUT2D eigenvalue weighted by molar-refractivity contribution is 6.31. The molecule has 26 heavy (non-hydrogen) atoms. The van der Waals surface area contributed by atoms with Gasteiger partial charge in [-0.15, -0.1) is 0 Å². The Bertz CT molecular complexity index is 779. The maximum Gasteiger partial charge on any atom is 0.417 e. The molecule has 4 nitrogen and oxygen atoms in total. The average Bonchev–Trinajstić information content (AvgIpc) is 2.54. The second-order valence-electron chi connectivity index (χ2n) is 5.76. The summed E-state index contributed by atoms with van der Waals surface area (Å²) in [6.45, 7) is 3.62. The third-order valence-electron chi connectivity index (χ3n) is 3.24. The van der Waals surface area contributed by atoms with Gasteiger partial charge in [-0.25, -0.2) is 0 Å². The van der Waals surface area contributed by atoms with Gasteiger partial charge in [0.05, 0.1) is 28.9 Å². The molecule has 0 fully saturated rings. The zero-order valence-corrected chi connectivity index (χ0v) is 14.9. The van der Waals surface area contributed by atoms with Gasteiger partial charge in [0.15, 0.2) is 0 Å². The van der Waals surface area contributed by atoms with Crippen molar-refractivity contribution in [2.24, 2.45) is 0 Å². The summed E-state index contributed by atoms with van der Waals surface area (Å²) in [6.07, 6.45) is -4.63. The number of rotatable bonds is 6. The Morgan fingerprint density at radius 2 is 1.88 bits per heavy atom. The number of nitrogens with one attached hydrogen (secondary N) is 2. The van der Waals surface area contributed by atoms with Crippen LogP contribution in [0.1, 0.15) is 19.4 Å². The quantitative estimate of drug-likeness (QED) is 0.717. The first-order valence-corrected chi connectivity index (χ1v) is 8.21. The number of benzene rings is 2. The van der Waals surface area contributed by atoms with Crippen LogP contribution in [0.4, 0.5) is 24.5 Å². The number of hydrogen-bond donors (Lipinski definition) is 2. The number of alkyl halides is 3. The Morgan fingerprint density at radius 3 is 2.54 bits per heavy atom. The first-order valence-electron chi connectivity index (χ1n) is 7.83. The van der Waals surface area contributed by atoms with Gasteiger partial charge in [-0.1, -0.05) is 23.7 Å². The van der Waals surface area contributed by atoms with E-state index in [9.17, 15) is 18.0 Å². The van der Waals surface area contributed by atoms with E-state index in [0.717, 1.165) is 12.1 Å². The molecule has 0 heterocycles. The van der Waals surface area contributed by atoms with Crippen LogP contribution in [0.2, 0.25) is 5.02 Å². The molecule has 0 saturated carbocycles. The average molecular weight is 387 g/mol. The van der Waals surface area contributed by atoms with Crippen molar-refractivity contribution in [3.8, 4) is 5.75 Å². The first-order chi connectivity index (χ1) is 12.2. The fourth-order valence-corrected chi connectivity index (χ4v) is 2.40. The molecule has 0 unspecified atom stereocenters. The molecule has 2 rings (SSSR count). The molecule has 2 N–H and O–H groups in total. The number of carbonyl (C=O) groups is 1. The Labute approximate surface area is 154 Å². The molecule has 8 heteroatoms. The summed E-state index contributed by atoms with van der Waals surface area (Å²) in [5, 5.41) is 4.90. The minimum absolute atomic E-state index is 0.0141. The van der Waals surface area contributed by atoms with Crippen LogP contribution in [-0.2, 0) is 11.0 Å². The Balaban J connectivity index is 2.02. The van der Waals surface area contributed by atoms with Gasteiger partial charge >= 0.3 is 6.18 Å². The summed E-state index contributed by atoms with van der Waals surface area (Å²) in [5.41, 5.74) is -0.371. The maximum atomic E-state index is 12.9. The van der Waals surface area contributed by atoms with Crippen molar-refractivity contribution in [3.05, 3.63) is 53.1 Å². The standard InChI is InChI=1S/C18H18ClF3N2O2/c1-11(2)26-16-6-4-3-5-15(16)23-10-17(25)24-12-7-8-14(19)13(9-12)18(20,21)22/h3-9,11,23H,10H2,1-2H3,(H,24,25). The van der Waals surface area contributed by atoms with Crippen molar-refractivity contribution >= 4 is 28.9 Å². The van der Waals surface area contributed by atoms with Gasteiger partial charge in [0.1, 0.15) is 5.75 Å². The normalized spacial score (nSPS) is 11.3. The van der Waals surface area contributed by atoms with Crippen LogP contribution in [0.5, 0.6) is 5.75 Å². The topological polar surface area (TPSA) is 50.4 Å². The SMILES string of the molecule is CC(C)Oc1ccccc1NCC(=O)Nc1ccc(Cl)c(C(F)(F)F)c1. The number of hydrogen-bond acceptors (Lipinski definition) is 3. The van der Waals surface area contributed by atoms with E-state index < -0.39 is 22.7 Å². The van der Waals surface area contributed by atoms with E-state index in [1.165, 1.54) is 6.07 Å². The fourth-order valence-electron chi connectivity index (χ4n) is 2.17. The van der Waals surface area contributed by atoms with E-state index in [1.54, 1.807) is 24.3 Å². The number of carbonyl (C=O) groups excluding carboxylic acids is 1. The van der Waals surface area contributed by atoms with Crippen molar-refractivity contribution in [2.45, 2.75) is 26.1 Å². The summed E-state index contributed by atoms with van der Waals surface area (Å²) < 4.78 is 44.2. The van der Waals surface area contributed by atoms with Crippen LogP contribution in [0, 0.1) is 0 Å². The van der Waals surface area contributed by atoms with E-state index in [-0.39, 0.29) is 18.3 Å². The molecular formula is C18H18ClF3N2O2. The van der Waals surface area contributed by atoms with Crippen LogP contribution in [0.3, 0.4) is 0 Å². The fraction of sp³-hybridized carbons (Fsp3) is 0.278. The lowest BCUT2D eigenvalue weighted by Gasteiger charge is -2.15. The summed E-state index contributed by atoms with van der Waals surface area (Å²) in [5.74, 6) is 0.0842. The van der Waals surface area contributed by atoms with Crippen LogP contribution in [0.25, 0.3) is 0 Å². The van der Waals surface area contributed by atoms with Crippen molar-refractivity contribution in [1.29, 1.82) is 0 Å². The van der Waals surface area contributed by atoms with Crippen LogP contribution in [-0.4, -0.2) is 18.6 Å². The number of anilines is 2. The largest absolute Gasteiger partial charge is 0.489 e. The number of halogens is 4.